The maximum Gasteiger partial charge on any atom is 0.257 e. The summed E-state index contributed by atoms with van der Waals surface area (Å²) in [5.74, 6) is -0.852. The smallest absolute Gasteiger partial charge is 0.257 e. The molecular weight excluding hydrogens is 315 g/mol. The number of hydrogen-bond donors (Lipinski definition) is 2. The van der Waals surface area contributed by atoms with Gasteiger partial charge in [-0.15, -0.1) is 0 Å². The first-order valence-corrected chi connectivity index (χ1v) is 8.07. The standard InChI is InChI=1S/C17H21FN2O4/c1-24-13-9-11(18)3-4-12(13)15(22)20-8-5-14(21)17(10-20)6-2-7-19-16(17)23/h3-4,9,14,21H,2,5-8,10H2,1H3,(H,19,23)/t14-,17+/m0/s1. The van der Waals surface area contributed by atoms with E-state index in [1.807, 2.05) is 0 Å². The number of amides is 2. The first kappa shape index (κ1) is 16.7. The molecule has 2 fully saturated rings. The summed E-state index contributed by atoms with van der Waals surface area (Å²) in [5, 5.41) is 13.2. The molecule has 0 bridgehead atoms. The summed E-state index contributed by atoms with van der Waals surface area (Å²) in [4.78, 5) is 26.8. The van der Waals surface area contributed by atoms with Gasteiger partial charge in [0.1, 0.15) is 11.6 Å². The molecule has 2 saturated heterocycles. The highest BCUT2D eigenvalue weighted by molar-refractivity contribution is 5.97. The van der Waals surface area contributed by atoms with Crippen molar-refractivity contribution < 1.29 is 23.8 Å². The van der Waals surface area contributed by atoms with Gasteiger partial charge in [0.05, 0.1) is 24.2 Å². The Morgan fingerprint density at radius 3 is 3.00 bits per heavy atom. The minimum absolute atomic E-state index is 0.152. The van der Waals surface area contributed by atoms with E-state index in [2.05, 4.69) is 5.32 Å². The minimum atomic E-state index is -0.959. The van der Waals surface area contributed by atoms with Crippen LogP contribution in [0.25, 0.3) is 0 Å². The van der Waals surface area contributed by atoms with Crippen molar-refractivity contribution in [3.63, 3.8) is 0 Å². The van der Waals surface area contributed by atoms with E-state index in [4.69, 9.17) is 4.74 Å². The summed E-state index contributed by atoms with van der Waals surface area (Å²) in [6, 6.07) is 3.75. The number of hydrogen-bond acceptors (Lipinski definition) is 4. The second kappa shape index (κ2) is 6.39. The van der Waals surface area contributed by atoms with Gasteiger partial charge >= 0.3 is 0 Å². The lowest BCUT2D eigenvalue weighted by atomic mass is 9.71. The largest absolute Gasteiger partial charge is 0.496 e. The topological polar surface area (TPSA) is 78.9 Å². The van der Waals surface area contributed by atoms with E-state index in [1.165, 1.54) is 19.2 Å². The van der Waals surface area contributed by atoms with Crippen molar-refractivity contribution in [1.29, 1.82) is 0 Å². The van der Waals surface area contributed by atoms with Crippen LogP contribution < -0.4 is 10.1 Å². The Kier molecular flexibility index (Phi) is 4.45. The van der Waals surface area contributed by atoms with Gasteiger partial charge in [-0.05, 0) is 31.4 Å². The van der Waals surface area contributed by atoms with Crippen LogP contribution in [0.4, 0.5) is 4.39 Å². The number of aliphatic hydroxyl groups is 1. The summed E-state index contributed by atoms with van der Waals surface area (Å²) >= 11 is 0. The molecule has 1 aromatic rings. The number of carbonyl (C=O) groups is 2. The molecule has 7 heteroatoms. The van der Waals surface area contributed by atoms with Gasteiger partial charge in [0.2, 0.25) is 5.91 Å². The maximum absolute atomic E-state index is 13.3. The lowest BCUT2D eigenvalue weighted by Gasteiger charge is -2.46. The predicted molar refractivity (Wildman–Crippen MR) is 84.2 cm³/mol. The highest BCUT2D eigenvalue weighted by atomic mass is 19.1. The molecule has 0 aliphatic carbocycles. The van der Waals surface area contributed by atoms with Gasteiger partial charge in [-0.1, -0.05) is 0 Å². The highest BCUT2D eigenvalue weighted by Crippen LogP contribution is 2.38. The third-order valence-corrected chi connectivity index (χ3v) is 5.00. The molecule has 2 atom stereocenters. The summed E-state index contributed by atoms with van der Waals surface area (Å²) in [5.41, 5.74) is -0.707. The Morgan fingerprint density at radius 2 is 2.29 bits per heavy atom. The number of benzene rings is 1. The van der Waals surface area contributed by atoms with Crippen LogP contribution in [0.15, 0.2) is 18.2 Å². The molecular formula is C17H21FN2O4. The Hall–Kier alpha value is -2.15. The maximum atomic E-state index is 13.3. The number of piperidine rings is 2. The van der Waals surface area contributed by atoms with Gasteiger partial charge in [-0.3, -0.25) is 9.59 Å². The monoisotopic (exact) mass is 336 g/mol. The zero-order chi connectivity index (χ0) is 17.3. The molecule has 0 radical (unpaired) electrons. The molecule has 2 aliphatic heterocycles. The average Bonchev–Trinajstić information content (AvgIpc) is 2.59. The molecule has 0 saturated carbocycles. The van der Waals surface area contributed by atoms with Crippen molar-refractivity contribution in [3.8, 4) is 5.75 Å². The number of methoxy groups -OCH3 is 1. The SMILES string of the molecule is COc1cc(F)ccc1C(=O)N1CC[C@H](O)[C@@]2(CCCNC2=O)C1. The van der Waals surface area contributed by atoms with Crippen molar-refractivity contribution in [1.82, 2.24) is 10.2 Å². The lowest BCUT2D eigenvalue weighted by Crippen LogP contribution is -2.62. The Labute approximate surface area is 139 Å². The van der Waals surface area contributed by atoms with Crippen LogP contribution >= 0.6 is 0 Å². The molecule has 6 nitrogen and oxygen atoms in total. The summed E-state index contributed by atoms with van der Waals surface area (Å²) in [6.07, 6.45) is 0.884. The van der Waals surface area contributed by atoms with E-state index >= 15 is 0 Å². The van der Waals surface area contributed by atoms with Crippen molar-refractivity contribution in [2.24, 2.45) is 5.41 Å². The normalized spacial score (nSPS) is 27.0. The third-order valence-electron chi connectivity index (χ3n) is 5.00. The van der Waals surface area contributed by atoms with Crippen LogP contribution in [-0.4, -0.2) is 54.7 Å². The molecule has 2 N–H and O–H groups in total. The van der Waals surface area contributed by atoms with Gasteiger partial charge in [0, 0.05) is 25.7 Å². The van der Waals surface area contributed by atoms with Crippen LogP contribution in [0.1, 0.15) is 29.6 Å². The molecule has 1 spiro atoms. The van der Waals surface area contributed by atoms with Gasteiger partial charge in [-0.2, -0.15) is 0 Å². The number of nitrogens with zero attached hydrogens (tertiary/aromatic N) is 1. The van der Waals surface area contributed by atoms with E-state index in [0.29, 0.717) is 25.9 Å². The minimum Gasteiger partial charge on any atom is -0.496 e. The van der Waals surface area contributed by atoms with Crippen LogP contribution in [0.2, 0.25) is 0 Å². The second-order valence-corrected chi connectivity index (χ2v) is 6.39. The first-order valence-electron chi connectivity index (χ1n) is 8.07. The number of likely N-dealkylation sites (tertiary alicyclic amines) is 1. The summed E-state index contributed by atoms with van der Waals surface area (Å²) in [6.45, 7) is 1.09. The molecule has 24 heavy (non-hydrogen) atoms. The van der Waals surface area contributed by atoms with Gasteiger partial charge < -0.3 is 20.1 Å². The molecule has 130 valence electrons. The van der Waals surface area contributed by atoms with Crippen molar-refractivity contribution in [3.05, 3.63) is 29.6 Å². The lowest BCUT2D eigenvalue weighted by molar-refractivity contribution is -0.147. The van der Waals surface area contributed by atoms with E-state index in [1.54, 1.807) is 4.90 Å². The van der Waals surface area contributed by atoms with Crippen molar-refractivity contribution in [2.45, 2.75) is 25.4 Å². The molecule has 0 aromatic heterocycles. The highest BCUT2D eigenvalue weighted by Gasteiger charge is 2.50. The molecule has 3 rings (SSSR count). The van der Waals surface area contributed by atoms with Gasteiger partial charge in [0.25, 0.3) is 5.91 Å². The Morgan fingerprint density at radius 1 is 1.50 bits per heavy atom. The fourth-order valence-corrected chi connectivity index (χ4v) is 3.63. The van der Waals surface area contributed by atoms with Gasteiger partial charge in [0.15, 0.2) is 0 Å². The van der Waals surface area contributed by atoms with E-state index in [-0.39, 0.29) is 29.7 Å². The number of carbonyl (C=O) groups excluding carboxylic acids is 2. The van der Waals surface area contributed by atoms with Crippen LogP contribution in [0.5, 0.6) is 5.75 Å². The number of halogens is 1. The molecule has 2 aliphatic rings. The fraction of sp³-hybridized carbons (Fsp3) is 0.529. The number of rotatable bonds is 2. The second-order valence-electron chi connectivity index (χ2n) is 6.39. The Balaban J connectivity index is 1.87. The number of ether oxygens (including phenoxy) is 1. The molecule has 2 amide bonds. The van der Waals surface area contributed by atoms with Crippen LogP contribution in [0.3, 0.4) is 0 Å². The zero-order valence-corrected chi connectivity index (χ0v) is 13.5. The first-order chi connectivity index (χ1) is 11.5. The number of aliphatic hydroxyl groups excluding tert-OH is 1. The fourth-order valence-electron chi connectivity index (χ4n) is 3.63. The van der Waals surface area contributed by atoms with Crippen molar-refractivity contribution >= 4 is 11.8 Å². The van der Waals surface area contributed by atoms with Crippen LogP contribution in [-0.2, 0) is 4.79 Å². The summed E-state index contributed by atoms with van der Waals surface area (Å²) in [7, 11) is 1.38. The summed E-state index contributed by atoms with van der Waals surface area (Å²) < 4.78 is 18.4. The van der Waals surface area contributed by atoms with E-state index in [0.717, 1.165) is 12.5 Å². The van der Waals surface area contributed by atoms with E-state index < -0.39 is 17.3 Å². The third kappa shape index (κ3) is 2.73. The van der Waals surface area contributed by atoms with Crippen LogP contribution in [0, 0.1) is 11.2 Å². The Bertz CT molecular complexity index is 666. The van der Waals surface area contributed by atoms with Gasteiger partial charge in [-0.25, -0.2) is 4.39 Å². The quantitative estimate of drug-likeness (QED) is 0.842. The predicted octanol–water partition coefficient (Wildman–Crippen LogP) is 0.938. The van der Waals surface area contributed by atoms with Crippen molar-refractivity contribution in [2.75, 3.05) is 26.7 Å². The van der Waals surface area contributed by atoms with E-state index in [9.17, 15) is 19.1 Å². The molecule has 2 heterocycles. The molecule has 1 aromatic carbocycles. The zero-order valence-electron chi connectivity index (χ0n) is 13.5. The molecule has 0 unspecified atom stereocenters. The number of nitrogens with one attached hydrogen (secondary N) is 1. The average molecular weight is 336 g/mol.